The van der Waals surface area contributed by atoms with Gasteiger partial charge in [-0.3, -0.25) is 4.79 Å². The zero-order valence-electron chi connectivity index (χ0n) is 15.2. The van der Waals surface area contributed by atoms with Gasteiger partial charge in [0.05, 0.1) is 10.6 Å². The lowest BCUT2D eigenvalue weighted by molar-refractivity contribution is -0.148. The minimum Gasteiger partial charge on any atom is -0.456 e. The number of benzene rings is 1. The molecule has 1 aliphatic carbocycles. The van der Waals surface area contributed by atoms with Crippen LogP contribution >= 0.6 is 0 Å². The molecule has 0 N–H and O–H groups in total. The molecule has 3 rings (SSSR count). The minimum absolute atomic E-state index is 0.121. The lowest BCUT2D eigenvalue weighted by Crippen LogP contribution is -2.45. The van der Waals surface area contributed by atoms with Crippen LogP contribution in [0.5, 0.6) is 0 Å². The van der Waals surface area contributed by atoms with Gasteiger partial charge in [0, 0.05) is 6.07 Å². The summed E-state index contributed by atoms with van der Waals surface area (Å²) in [7, 11) is -3.87. The monoisotopic (exact) mass is 377 g/mol. The van der Waals surface area contributed by atoms with Crippen LogP contribution in [-0.4, -0.2) is 24.3 Å². The van der Waals surface area contributed by atoms with Crippen LogP contribution in [0.25, 0.3) is 0 Å². The second-order valence-electron chi connectivity index (χ2n) is 6.98. The zero-order chi connectivity index (χ0) is 18.9. The molecular formula is C19H23NO5S. The van der Waals surface area contributed by atoms with Crippen LogP contribution < -0.4 is 0 Å². The molecule has 0 atom stereocenters. The number of carbonyl (C=O) groups excluding carboxylic acids is 1. The van der Waals surface area contributed by atoms with Crippen LogP contribution in [0.4, 0.5) is 0 Å². The Hall–Kier alpha value is -2.15. The summed E-state index contributed by atoms with van der Waals surface area (Å²) in [5.74, 6) is -0.307. The van der Waals surface area contributed by atoms with E-state index in [0.29, 0.717) is 29.9 Å². The van der Waals surface area contributed by atoms with Crippen LogP contribution in [0.15, 0.2) is 33.7 Å². The molecule has 0 saturated heterocycles. The molecule has 1 aliphatic rings. The van der Waals surface area contributed by atoms with Gasteiger partial charge in [-0.1, -0.05) is 30.1 Å². The standard InChI is InChI=1S/C19H23NO5S/c1-13-6-7-14(2)17(10-13)26(22,23)19(8-4-5-9-19)18(21)24-12-16-11-15(3)20-25-16/h6-7,10-11H,4-5,8-9,12H2,1-3H3. The second-order valence-corrected chi connectivity index (χ2v) is 9.21. The number of aromatic nitrogens is 1. The molecule has 0 bridgehead atoms. The number of hydrogen-bond donors (Lipinski definition) is 0. The fraction of sp³-hybridized carbons (Fsp3) is 0.474. The highest BCUT2D eigenvalue weighted by Gasteiger charge is 2.54. The highest BCUT2D eigenvalue weighted by atomic mass is 32.2. The lowest BCUT2D eigenvalue weighted by atomic mass is 10.1. The van der Waals surface area contributed by atoms with Crippen molar-refractivity contribution >= 4 is 15.8 Å². The quantitative estimate of drug-likeness (QED) is 0.742. The van der Waals surface area contributed by atoms with Gasteiger partial charge in [-0.15, -0.1) is 0 Å². The molecule has 6 nitrogen and oxygen atoms in total. The number of esters is 1. The molecule has 2 aromatic rings. The highest BCUT2D eigenvalue weighted by Crippen LogP contribution is 2.42. The topological polar surface area (TPSA) is 86.5 Å². The normalized spacial score (nSPS) is 16.6. The molecule has 0 unspecified atom stereocenters. The molecular weight excluding hydrogens is 354 g/mol. The van der Waals surface area contributed by atoms with E-state index in [2.05, 4.69) is 5.16 Å². The van der Waals surface area contributed by atoms with Crippen LogP contribution in [-0.2, 0) is 26.0 Å². The Morgan fingerprint density at radius 2 is 1.88 bits per heavy atom. The summed E-state index contributed by atoms with van der Waals surface area (Å²) in [6.45, 7) is 5.23. The van der Waals surface area contributed by atoms with Crippen molar-refractivity contribution in [2.24, 2.45) is 0 Å². The summed E-state index contributed by atoms with van der Waals surface area (Å²) in [6, 6.07) is 6.93. The van der Waals surface area contributed by atoms with E-state index < -0.39 is 20.6 Å². The Labute approximate surface area is 153 Å². The Kier molecular flexibility index (Phi) is 4.92. The first-order chi connectivity index (χ1) is 12.3. The number of hydrogen-bond acceptors (Lipinski definition) is 6. The molecule has 1 heterocycles. The van der Waals surface area contributed by atoms with Crippen molar-refractivity contribution in [1.29, 1.82) is 0 Å². The van der Waals surface area contributed by atoms with Crippen molar-refractivity contribution in [3.63, 3.8) is 0 Å². The van der Waals surface area contributed by atoms with Gasteiger partial charge < -0.3 is 9.26 Å². The second kappa shape index (κ2) is 6.87. The maximum Gasteiger partial charge on any atom is 0.328 e. The SMILES string of the molecule is Cc1ccc(C)c(S(=O)(=O)C2(C(=O)OCc3cc(C)no3)CCCC2)c1. The van der Waals surface area contributed by atoms with Crippen molar-refractivity contribution in [2.45, 2.75) is 62.7 Å². The summed E-state index contributed by atoms with van der Waals surface area (Å²) in [5.41, 5.74) is 2.16. The molecule has 1 saturated carbocycles. The van der Waals surface area contributed by atoms with Crippen LogP contribution in [0.1, 0.15) is 48.3 Å². The molecule has 0 amide bonds. The molecule has 1 fully saturated rings. The number of ether oxygens (including phenoxy) is 1. The van der Waals surface area contributed by atoms with Crippen molar-refractivity contribution in [3.05, 3.63) is 46.8 Å². The molecule has 0 radical (unpaired) electrons. The molecule has 0 aliphatic heterocycles. The van der Waals surface area contributed by atoms with Crippen molar-refractivity contribution in [1.82, 2.24) is 5.16 Å². The molecule has 7 heteroatoms. The van der Waals surface area contributed by atoms with E-state index in [1.165, 1.54) is 0 Å². The third-order valence-corrected chi connectivity index (χ3v) is 7.58. The van der Waals surface area contributed by atoms with Gasteiger partial charge in [-0.25, -0.2) is 8.42 Å². The molecule has 1 aromatic carbocycles. The Morgan fingerprint density at radius 1 is 1.19 bits per heavy atom. The smallest absolute Gasteiger partial charge is 0.328 e. The fourth-order valence-electron chi connectivity index (χ4n) is 3.49. The number of carbonyl (C=O) groups is 1. The van der Waals surface area contributed by atoms with Crippen molar-refractivity contribution < 1.29 is 22.5 Å². The number of aryl methyl sites for hydroxylation is 3. The first-order valence-corrected chi connectivity index (χ1v) is 10.2. The molecule has 0 spiro atoms. The maximum absolute atomic E-state index is 13.4. The first-order valence-electron chi connectivity index (χ1n) is 8.67. The van der Waals surface area contributed by atoms with Gasteiger partial charge in [-0.05, 0) is 50.8 Å². The zero-order valence-corrected chi connectivity index (χ0v) is 16.1. The van der Waals surface area contributed by atoms with Gasteiger partial charge in [0.2, 0.25) is 0 Å². The third kappa shape index (κ3) is 3.16. The average Bonchev–Trinajstić information content (AvgIpc) is 3.24. The van der Waals surface area contributed by atoms with Crippen LogP contribution in [0, 0.1) is 20.8 Å². The van der Waals surface area contributed by atoms with Crippen LogP contribution in [0.2, 0.25) is 0 Å². The Balaban J connectivity index is 1.93. The molecule has 140 valence electrons. The van der Waals surface area contributed by atoms with Crippen LogP contribution in [0.3, 0.4) is 0 Å². The predicted octanol–water partition coefficient (Wildman–Crippen LogP) is 3.43. The van der Waals surface area contributed by atoms with E-state index in [9.17, 15) is 13.2 Å². The van der Waals surface area contributed by atoms with Crippen molar-refractivity contribution in [3.8, 4) is 0 Å². The number of sulfone groups is 1. The van der Waals surface area contributed by atoms with E-state index in [0.717, 1.165) is 5.56 Å². The minimum atomic E-state index is -3.87. The Bertz CT molecular complexity index is 923. The van der Waals surface area contributed by atoms with E-state index >= 15 is 0 Å². The third-order valence-electron chi connectivity index (χ3n) is 4.95. The van der Waals surface area contributed by atoms with Gasteiger partial charge in [0.1, 0.15) is 0 Å². The number of rotatable bonds is 5. The maximum atomic E-state index is 13.4. The largest absolute Gasteiger partial charge is 0.456 e. The lowest BCUT2D eigenvalue weighted by Gasteiger charge is -2.27. The highest BCUT2D eigenvalue weighted by molar-refractivity contribution is 7.93. The fourth-order valence-corrected chi connectivity index (χ4v) is 5.85. The van der Waals surface area contributed by atoms with E-state index in [1.807, 2.05) is 13.0 Å². The molecule has 26 heavy (non-hydrogen) atoms. The van der Waals surface area contributed by atoms with Crippen molar-refractivity contribution in [2.75, 3.05) is 0 Å². The summed E-state index contributed by atoms with van der Waals surface area (Å²) in [5, 5.41) is 3.74. The number of nitrogens with zero attached hydrogens (tertiary/aromatic N) is 1. The Morgan fingerprint density at radius 3 is 2.50 bits per heavy atom. The van der Waals surface area contributed by atoms with Gasteiger partial charge in [0.25, 0.3) is 0 Å². The molecule has 1 aromatic heterocycles. The van der Waals surface area contributed by atoms with E-state index in [1.54, 1.807) is 32.0 Å². The van der Waals surface area contributed by atoms with Gasteiger partial charge >= 0.3 is 5.97 Å². The predicted molar refractivity (Wildman–Crippen MR) is 95.3 cm³/mol. The van der Waals surface area contributed by atoms with E-state index in [4.69, 9.17) is 9.26 Å². The summed E-state index contributed by atoms with van der Waals surface area (Å²) in [6.07, 6.45) is 1.91. The summed E-state index contributed by atoms with van der Waals surface area (Å²) >= 11 is 0. The van der Waals surface area contributed by atoms with Gasteiger partial charge in [-0.2, -0.15) is 0 Å². The average molecular weight is 377 g/mol. The summed E-state index contributed by atoms with van der Waals surface area (Å²) in [4.78, 5) is 13.1. The van der Waals surface area contributed by atoms with E-state index in [-0.39, 0.29) is 24.3 Å². The summed E-state index contributed by atoms with van der Waals surface area (Å²) < 4.78 is 35.8. The first kappa shape index (κ1) is 18.6. The van der Waals surface area contributed by atoms with Gasteiger partial charge in [0.15, 0.2) is 27.0 Å².